The highest BCUT2D eigenvalue weighted by molar-refractivity contribution is 5.95. The largest absolute Gasteiger partial charge is 0.489 e. The Labute approximate surface area is 149 Å². The van der Waals surface area contributed by atoms with Gasteiger partial charge in [-0.2, -0.15) is 0 Å². The Hall–Kier alpha value is -2.53. The van der Waals surface area contributed by atoms with Crippen molar-refractivity contribution in [1.29, 1.82) is 0 Å². The summed E-state index contributed by atoms with van der Waals surface area (Å²) in [7, 11) is 1.82. The Kier molecular flexibility index (Phi) is 4.95. The summed E-state index contributed by atoms with van der Waals surface area (Å²) >= 11 is 0. The van der Waals surface area contributed by atoms with Gasteiger partial charge in [0.2, 0.25) is 5.91 Å². The second-order valence-electron chi connectivity index (χ2n) is 6.57. The first-order valence-electron chi connectivity index (χ1n) is 8.58. The molecule has 2 aromatic rings. The van der Waals surface area contributed by atoms with E-state index in [9.17, 15) is 4.79 Å². The molecule has 132 valence electrons. The molecule has 25 heavy (non-hydrogen) atoms. The molecule has 2 aromatic carbocycles. The molecule has 1 aliphatic heterocycles. The van der Waals surface area contributed by atoms with Crippen molar-refractivity contribution in [2.75, 3.05) is 23.5 Å². The molecule has 5 nitrogen and oxygen atoms in total. The number of rotatable bonds is 5. The highest BCUT2D eigenvalue weighted by atomic mass is 16.5. The number of carbonyl (C=O) groups excluding carboxylic acids is 1. The molecule has 5 heteroatoms. The third-order valence-electron chi connectivity index (χ3n) is 4.68. The lowest BCUT2D eigenvalue weighted by molar-refractivity contribution is -0.117. The molecule has 0 radical (unpaired) electrons. The van der Waals surface area contributed by atoms with E-state index in [1.807, 2.05) is 49.2 Å². The fourth-order valence-corrected chi connectivity index (χ4v) is 3.24. The molecule has 0 spiro atoms. The zero-order valence-electron chi connectivity index (χ0n) is 15.1. The lowest BCUT2D eigenvalue weighted by atomic mass is 10.1. The number of aryl methyl sites for hydroxylation is 2. The van der Waals surface area contributed by atoms with Gasteiger partial charge in [0.1, 0.15) is 12.4 Å². The van der Waals surface area contributed by atoms with Gasteiger partial charge >= 0.3 is 0 Å². The maximum atomic E-state index is 11.9. The van der Waals surface area contributed by atoms with Gasteiger partial charge in [0.15, 0.2) is 0 Å². The van der Waals surface area contributed by atoms with E-state index >= 15 is 0 Å². The van der Waals surface area contributed by atoms with Gasteiger partial charge in [0, 0.05) is 31.3 Å². The zero-order chi connectivity index (χ0) is 18.0. The molecule has 2 N–H and O–H groups in total. The Morgan fingerprint density at radius 3 is 2.64 bits per heavy atom. The smallest absolute Gasteiger partial charge is 0.227 e. The van der Waals surface area contributed by atoms with Crippen LogP contribution < -0.4 is 20.5 Å². The average molecular weight is 339 g/mol. The van der Waals surface area contributed by atoms with E-state index in [4.69, 9.17) is 10.6 Å². The Morgan fingerprint density at radius 2 is 2.00 bits per heavy atom. The predicted molar refractivity (Wildman–Crippen MR) is 101 cm³/mol. The zero-order valence-corrected chi connectivity index (χ0v) is 15.1. The summed E-state index contributed by atoms with van der Waals surface area (Å²) < 4.78 is 6.05. The number of nitrogens with zero attached hydrogens (tertiary/aromatic N) is 2. The number of benzene rings is 2. The molecule has 0 aliphatic carbocycles. The fourth-order valence-electron chi connectivity index (χ4n) is 3.24. The van der Waals surface area contributed by atoms with Gasteiger partial charge in [-0.3, -0.25) is 4.79 Å². The molecule has 0 unspecified atom stereocenters. The third kappa shape index (κ3) is 3.61. The molecule has 3 rings (SSSR count). The van der Waals surface area contributed by atoms with Crippen LogP contribution in [-0.2, 0) is 11.4 Å². The molecular formula is C20H25N3O2. The first-order chi connectivity index (χ1) is 12.0. The van der Waals surface area contributed by atoms with Crippen molar-refractivity contribution in [2.24, 2.45) is 5.84 Å². The first-order valence-corrected chi connectivity index (χ1v) is 8.58. The van der Waals surface area contributed by atoms with Gasteiger partial charge in [-0.25, -0.2) is 5.84 Å². The van der Waals surface area contributed by atoms with E-state index in [0.717, 1.165) is 46.8 Å². The van der Waals surface area contributed by atoms with Crippen LogP contribution in [-0.4, -0.2) is 19.5 Å². The topological polar surface area (TPSA) is 58.8 Å². The van der Waals surface area contributed by atoms with Crippen molar-refractivity contribution < 1.29 is 9.53 Å². The van der Waals surface area contributed by atoms with Gasteiger partial charge in [-0.05, 0) is 55.7 Å². The number of anilines is 2. The molecule has 0 aromatic heterocycles. The van der Waals surface area contributed by atoms with Crippen LogP contribution in [0.5, 0.6) is 5.75 Å². The van der Waals surface area contributed by atoms with E-state index in [-0.39, 0.29) is 5.91 Å². The maximum Gasteiger partial charge on any atom is 0.227 e. The van der Waals surface area contributed by atoms with E-state index in [1.54, 1.807) is 5.01 Å². The number of hydrazine groups is 1. The number of nitrogens with two attached hydrogens (primary N) is 1. The molecule has 1 aliphatic rings. The minimum absolute atomic E-state index is 0.198. The molecule has 0 saturated carbocycles. The summed E-state index contributed by atoms with van der Waals surface area (Å²) in [5.74, 6) is 6.95. The van der Waals surface area contributed by atoms with Crippen LogP contribution in [0.1, 0.15) is 29.5 Å². The lowest BCUT2D eigenvalue weighted by Gasteiger charge is -2.20. The van der Waals surface area contributed by atoms with Gasteiger partial charge in [-0.15, -0.1) is 0 Å². The van der Waals surface area contributed by atoms with Crippen LogP contribution in [0.2, 0.25) is 0 Å². The van der Waals surface area contributed by atoms with Crippen LogP contribution in [0.3, 0.4) is 0 Å². The van der Waals surface area contributed by atoms with E-state index in [0.29, 0.717) is 13.0 Å². The number of carbonyl (C=O) groups is 1. The molecule has 1 saturated heterocycles. The number of hydrogen-bond acceptors (Lipinski definition) is 4. The monoisotopic (exact) mass is 339 g/mol. The second kappa shape index (κ2) is 7.15. The normalized spacial score (nSPS) is 14.1. The summed E-state index contributed by atoms with van der Waals surface area (Å²) in [4.78, 5) is 13.7. The Balaban J connectivity index is 1.77. The Morgan fingerprint density at radius 1 is 1.20 bits per heavy atom. The van der Waals surface area contributed by atoms with Crippen LogP contribution in [0.15, 0.2) is 36.4 Å². The summed E-state index contributed by atoms with van der Waals surface area (Å²) in [6.07, 6.45) is 1.57. The number of hydrogen-bond donors (Lipinski definition) is 1. The highest BCUT2D eigenvalue weighted by Crippen LogP contribution is 2.29. The van der Waals surface area contributed by atoms with Crippen molar-refractivity contribution in [3.63, 3.8) is 0 Å². The van der Waals surface area contributed by atoms with E-state index in [2.05, 4.69) is 13.0 Å². The van der Waals surface area contributed by atoms with Crippen molar-refractivity contribution in [2.45, 2.75) is 33.3 Å². The number of amides is 1. The molecule has 1 heterocycles. The molecule has 1 amide bonds. The highest BCUT2D eigenvalue weighted by Gasteiger charge is 2.22. The lowest BCUT2D eigenvalue weighted by Crippen LogP contribution is -2.26. The van der Waals surface area contributed by atoms with Gasteiger partial charge in [0.25, 0.3) is 0 Å². The van der Waals surface area contributed by atoms with Crippen molar-refractivity contribution in [1.82, 2.24) is 0 Å². The van der Waals surface area contributed by atoms with Crippen LogP contribution in [0.25, 0.3) is 0 Å². The molecule has 0 bridgehead atoms. The van der Waals surface area contributed by atoms with Crippen molar-refractivity contribution in [3.8, 4) is 5.75 Å². The maximum absolute atomic E-state index is 11.9. The minimum atomic E-state index is 0.198. The van der Waals surface area contributed by atoms with Gasteiger partial charge in [-0.1, -0.05) is 12.1 Å². The third-order valence-corrected chi connectivity index (χ3v) is 4.68. The summed E-state index contributed by atoms with van der Waals surface area (Å²) in [5, 5.41) is 1.61. The van der Waals surface area contributed by atoms with Crippen LogP contribution in [0, 0.1) is 13.8 Å². The van der Waals surface area contributed by atoms with E-state index in [1.165, 1.54) is 0 Å². The average Bonchev–Trinajstić information content (AvgIpc) is 3.00. The molecule has 1 fully saturated rings. The SMILES string of the molecule is Cc1cc(N2CCCC2=O)ccc1OCc1c(C)cccc1N(C)N. The molecular weight excluding hydrogens is 314 g/mol. The predicted octanol–water partition coefficient (Wildman–Crippen LogP) is 3.32. The summed E-state index contributed by atoms with van der Waals surface area (Å²) in [6.45, 7) is 5.31. The van der Waals surface area contributed by atoms with Crippen LogP contribution in [0.4, 0.5) is 11.4 Å². The van der Waals surface area contributed by atoms with Gasteiger partial charge < -0.3 is 14.6 Å². The number of ether oxygens (including phenoxy) is 1. The summed E-state index contributed by atoms with van der Waals surface area (Å²) in [6, 6.07) is 12.0. The quantitative estimate of drug-likeness (QED) is 0.671. The van der Waals surface area contributed by atoms with Crippen LogP contribution >= 0.6 is 0 Å². The first kappa shape index (κ1) is 17.3. The molecule has 0 atom stereocenters. The van der Waals surface area contributed by atoms with E-state index < -0.39 is 0 Å². The second-order valence-corrected chi connectivity index (χ2v) is 6.57. The van der Waals surface area contributed by atoms with Crippen molar-refractivity contribution >= 4 is 17.3 Å². The van der Waals surface area contributed by atoms with Crippen molar-refractivity contribution in [3.05, 3.63) is 53.1 Å². The minimum Gasteiger partial charge on any atom is -0.489 e. The van der Waals surface area contributed by atoms with Gasteiger partial charge in [0.05, 0.1) is 5.69 Å². The summed E-state index contributed by atoms with van der Waals surface area (Å²) in [5.41, 5.74) is 5.15. The standard InChI is InChI=1S/C20H25N3O2/c1-14-6-4-7-18(22(3)21)17(14)13-25-19-10-9-16(12-15(19)2)23-11-5-8-20(23)24/h4,6-7,9-10,12H,5,8,11,13,21H2,1-3H3. The Bertz CT molecular complexity index is 787. The fraction of sp³-hybridized carbons (Fsp3) is 0.350.